The van der Waals surface area contributed by atoms with Crippen LogP contribution in [0, 0.1) is 5.82 Å². The summed E-state index contributed by atoms with van der Waals surface area (Å²) in [5.74, 6) is -0.160. The van der Waals surface area contributed by atoms with Gasteiger partial charge in [-0.3, -0.25) is 4.79 Å². The molecule has 0 saturated heterocycles. The molecule has 0 radical (unpaired) electrons. The minimum Gasteiger partial charge on any atom is -0.494 e. The van der Waals surface area contributed by atoms with Crippen LogP contribution in [0.5, 0.6) is 5.75 Å². The minimum absolute atomic E-state index is 0.0652. The van der Waals surface area contributed by atoms with Crippen LogP contribution in [0.15, 0.2) is 46.9 Å². The summed E-state index contributed by atoms with van der Waals surface area (Å²) in [6, 6.07) is 11.1. The fraction of sp³-hybridized carbons (Fsp3) is 0.188. The number of benzene rings is 2. The van der Waals surface area contributed by atoms with Crippen LogP contribution in [0.4, 0.5) is 4.39 Å². The molecule has 0 aromatic heterocycles. The highest BCUT2D eigenvalue weighted by Gasteiger charge is 2.14. The monoisotopic (exact) mass is 336 g/mol. The summed E-state index contributed by atoms with van der Waals surface area (Å²) < 4.78 is 19.8. The second kappa shape index (κ2) is 6.66. The summed E-state index contributed by atoms with van der Waals surface area (Å²) in [7, 11) is 0. The van der Waals surface area contributed by atoms with E-state index >= 15 is 0 Å². The van der Waals surface area contributed by atoms with Gasteiger partial charge in [0, 0.05) is 10.0 Å². The maximum Gasteiger partial charge on any atom is 0.195 e. The molecule has 0 atom stereocenters. The van der Waals surface area contributed by atoms with Crippen LogP contribution in [-0.2, 0) is 0 Å². The van der Waals surface area contributed by atoms with Crippen LogP contribution >= 0.6 is 15.9 Å². The number of hydrogen-bond acceptors (Lipinski definition) is 2. The van der Waals surface area contributed by atoms with E-state index in [2.05, 4.69) is 15.9 Å². The Bertz CT molecular complexity index is 608. The van der Waals surface area contributed by atoms with Gasteiger partial charge < -0.3 is 4.74 Å². The van der Waals surface area contributed by atoms with Crippen LogP contribution in [0.1, 0.15) is 29.3 Å². The first-order valence-corrected chi connectivity index (χ1v) is 7.13. The quantitative estimate of drug-likeness (QED) is 0.745. The van der Waals surface area contributed by atoms with Crippen molar-refractivity contribution < 1.29 is 13.9 Å². The van der Waals surface area contributed by atoms with Crippen LogP contribution in [0.2, 0.25) is 0 Å². The highest BCUT2D eigenvalue weighted by Crippen LogP contribution is 2.20. The van der Waals surface area contributed by atoms with Crippen LogP contribution in [-0.4, -0.2) is 12.4 Å². The second-order valence-electron chi connectivity index (χ2n) is 4.33. The summed E-state index contributed by atoms with van der Waals surface area (Å²) in [4.78, 5) is 12.2. The number of carbonyl (C=O) groups is 1. The third-order valence-electron chi connectivity index (χ3n) is 2.77. The van der Waals surface area contributed by atoms with E-state index in [-0.39, 0.29) is 11.3 Å². The smallest absolute Gasteiger partial charge is 0.195 e. The molecule has 0 fully saturated rings. The molecule has 104 valence electrons. The van der Waals surface area contributed by atoms with Crippen molar-refractivity contribution in [1.82, 2.24) is 0 Å². The van der Waals surface area contributed by atoms with Crippen molar-refractivity contribution in [3.05, 3.63) is 63.9 Å². The highest BCUT2D eigenvalue weighted by atomic mass is 79.9. The lowest BCUT2D eigenvalue weighted by Gasteiger charge is -2.06. The predicted molar refractivity (Wildman–Crippen MR) is 79.8 cm³/mol. The Hall–Kier alpha value is -1.68. The van der Waals surface area contributed by atoms with Gasteiger partial charge in [-0.1, -0.05) is 22.9 Å². The van der Waals surface area contributed by atoms with Crippen molar-refractivity contribution in [2.75, 3.05) is 6.61 Å². The topological polar surface area (TPSA) is 26.3 Å². The van der Waals surface area contributed by atoms with Gasteiger partial charge in [0.15, 0.2) is 5.78 Å². The van der Waals surface area contributed by atoms with Gasteiger partial charge in [0.1, 0.15) is 11.6 Å². The van der Waals surface area contributed by atoms with Crippen molar-refractivity contribution >= 4 is 21.7 Å². The SMILES string of the molecule is CCCOc1ccc(C(=O)c2ccc(Br)cc2F)cc1. The molecule has 0 aliphatic heterocycles. The molecule has 2 nitrogen and oxygen atoms in total. The Morgan fingerprint density at radius 2 is 1.90 bits per heavy atom. The van der Waals surface area contributed by atoms with Gasteiger partial charge in [-0.05, 0) is 48.9 Å². The maximum absolute atomic E-state index is 13.8. The second-order valence-corrected chi connectivity index (χ2v) is 5.24. The summed E-state index contributed by atoms with van der Waals surface area (Å²) in [6.45, 7) is 2.66. The molecule has 4 heteroatoms. The Labute approximate surface area is 125 Å². The zero-order valence-corrected chi connectivity index (χ0v) is 12.6. The highest BCUT2D eigenvalue weighted by molar-refractivity contribution is 9.10. The fourth-order valence-electron chi connectivity index (χ4n) is 1.75. The standard InChI is InChI=1S/C16H14BrFO2/c1-2-9-20-13-6-3-11(4-7-13)16(19)14-8-5-12(17)10-15(14)18/h3-8,10H,2,9H2,1H3. The van der Waals surface area contributed by atoms with Gasteiger partial charge in [-0.2, -0.15) is 0 Å². The number of ketones is 1. The van der Waals surface area contributed by atoms with Crippen molar-refractivity contribution in [2.45, 2.75) is 13.3 Å². The maximum atomic E-state index is 13.8. The zero-order valence-electron chi connectivity index (χ0n) is 11.0. The van der Waals surface area contributed by atoms with Crippen LogP contribution in [0.25, 0.3) is 0 Å². The van der Waals surface area contributed by atoms with E-state index < -0.39 is 5.82 Å². The third-order valence-corrected chi connectivity index (χ3v) is 3.26. The zero-order chi connectivity index (χ0) is 14.5. The van der Waals surface area contributed by atoms with E-state index in [1.807, 2.05) is 6.92 Å². The Kier molecular flexibility index (Phi) is 4.90. The third kappa shape index (κ3) is 3.45. The molecule has 2 rings (SSSR count). The average molecular weight is 337 g/mol. The van der Waals surface area contributed by atoms with E-state index in [1.54, 1.807) is 30.3 Å². The fourth-order valence-corrected chi connectivity index (χ4v) is 2.08. The number of carbonyl (C=O) groups excluding carboxylic acids is 1. The van der Waals surface area contributed by atoms with Crippen molar-refractivity contribution in [2.24, 2.45) is 0 Å². The molecule has 0 saturated carbocycles. The first-order valence-electron chi connectivity index (χ1n) is 6.34. The predicted octanol–water partition coefficient (Wildman–Crippen LogP) is 4.61. The minimum atomic E-state index is -0.532. The van der Waals surface area contributed by atoms with Gasteiger partial charge in [0.2, 0.25) is 0 Å². The molecule has 0 aliphatic rings. The van der Waals surface area contributed by atoms with Gasteiger partial charge >= 0.3 is 0 Å². The van der Waals surface area contributed by atoms with E-state index in [9.17, 15) is 9.18 Å². The molecular weight excluding hydrogens is 323 g/mol. The summed E-state index contributed by atoms with van der Waals surface area (Å²) in [5.41, 5.74) is 0.505. The van der Waals surface area contributed by atoms with Crippen LogP contribution in [0.3, 0.4) is 0 Å². The van der Waals surface area contributed by atoms with E-state index in [1.165, 1.54) is 12.1 Å². The van der Waals surface area contributed by atoms with Gasteiger partial charge in [0.25, 0.3) is 0 Å². The molecule has 0 heterocycles. The Morgan fingerprint density at radius 3 is 2.50 bits per heavy atom. The lowest BCUT2D eigenvalue weighted by atomic mass is 10.0. The van der Waals surface area contributed by atoms with Gasteiger partial charge in [0.05, 0.1) is 12.2 Å². The lowest BCUT2D eigenvalue weighted by Crippen LogP contribution is -2.04. The van der Waals surface area contributed by atoms with Gasteiger partial charge in [-0.25, -0.2) is 4.39 Å². The summed E-state index contributed by atoms with van der Waals surface area (Å²) in [6.07, 6.45) is 0.921. The van der Waals surface area contributed by atoms with Gasteiger partial charge in [-0.15, -0.1) is 0 Å². The summed E-state index contributed by atoms with van der Waals surface area (Å²) >= 11 is 3.17. The number of ether oxygens (including phenoxy) is 1. The Morgan fingerprint density at radius 1 is 1.20 bits per heavy atom. The first kappa shape index (κ1) is 14.7. The molecule has 0 unspecified atom stereocenters. The number of rotatable bonds is 5. The Balaban J connectivity index is 2.20. The van der Waals surface area contributed by atoms with Crippen molar-refractivity contribution in [3.63, 3.8) is 0 Å². The molecule has 2 aromatic rings. The van der Waals surface area contributed by atoms with E-state index in [0.29, 0.717) is 22.4 Å². The molecule has 2 aromatic carbocycles. The molecule has 0 amide bonds. The van der Waals surface area contributed by atoms with Crippen LogP contribution < -0.4 is 4.74 Å². The number of halogens is 2. The van der Waals surface area contributed by atoms with Crippen molar-refractivity contribution in [1.29, 1.82) is 0 Å². The largest absolute Gasteiger partial charge is 0.494 e. The van der Waals surface area contributed by atoms with E-state index in [0.717, 1.165) is 6.42 Å². The van der Waals surface area contributed by atoms with E-state index in [4.69, 9.17) is 4.74 Å². The average Bonchev–Trinajstić information content (AvgIpc) is 2.45. The molecule has 20 heavy (non-hydrogen) atoms. The summed E-state index contributed by atoms with van der Waals surface area (Å²) in [5, 5.41) is 0. The molecule has 0 spiro atoms. The molecule has 0 bridgehead atoms. The normalized spacial score (nSPS) is 10.3. The lowest BCUT2D eigenvalue weighted by molar-refractivity contribution is 0.103. The molecular formula is C16H14BrFO2. The first-order chi connectivity index (χ1) is 9.61. The number of hydrogen-bond donors (Lipinski definition) is 0. The molecule has 0 aliphatic carbocycles. The van der Waals surface area contributed by atoms with Crippen molar-refractivity contribution in [3.8, 4) is 5.75 Å². The molecule has 0 N–H and O–H groups in total.